The predicted molar refractivity (Wildman–Crippen MR) is 41.9 cm³/mol. The molecule has 0 spiro atoms. The van der Waals surface area contributed by atoms with E-state index in [1.165, 1.54) is 12.8 Å². The molecule has 0 aromatic rings. The van der Waals surface area contributed by atoms with Gasteiger partial charge in [-0.1, -0.05) is 0 Å². The van der Waals surface area contributed by atoms with Crippen molar-refractivity contribution in [3.05, 3.63) is 0 Å². The van der Waals surface area contributed by atoms with Crippen LogP contribution < -0.4 is 0 Å². The summed E-state index contributed by atoms with van der Waals surface area (Å²) in [5.41, 5.74) is 0. The Hall–Kier alpha value is -0.198. The average Bonchev–Trinajstić information content (AvgIpc) is 2.04. The summed E-state index contributed by atoms with van der Waals surface area (Å²) >= 11 is -1.39. The van der Waals surface area contributed by atoms with Crippen LogP contribution in [-0.4, -0.2) is 26.6 Å². The number of carbonyl (C=O) groups is 1. The van der Waals surface area contributed by atoms with E-state index in [2.05, 4.69) is 11.7 Å². The van der Waals surface area contributed by atoms with Crippen LogP contribution in [0.1, 0.15) is 32.6 Å². The molecule has 0 bridgehead atoms. The van der Waals surface area contributed by atoms with Crippen molar-refractivity contribution in [1.82, 2.24) is 0 Å². The van der Waals surface area contributed by atoms with Gasteiger partial charge in [-0.05, 0) is 0 Å². The van der Waals surface area contributed by atoms with E-state index in [0.29, 0.717) is 6.61 Å². The minimum atomic E-state index is -1.39. The molecule has 0 heterocycles. The first-order valence-corrected chi connectivity index (χ1v) is 4.98. The second-order valence-corrected chi connectivity index (χ2v) is 3.05. The van der Waals surface area contributed by atoms with Crippen molar-refractivity contribution in [3.63, 3.8) is 0 Å². The summed E-state index contributed by atoms with van der Waals surface area (Å²) < 4.78 is 14.6. The first kappa shape index (κ1) is 10.8. The first-order chi connectivity index (χ1) is 5.31. The molecule has 0 amide bonds. The second-order valence-electron chi connectivity index (χ2n) is 2.35. The van der Waals surface area contributed by atoms with Gasteiger partial charge in [0.25, 0.3) is 0 Å². The van der Waals surface area contributed by atoms with E-state index in [9.17, 15) is 8.60 Å². The molecule has 0 saturated carbocycles. The third-order valence-electron chi connectivity index (χ3n) is 1.34. The Labute approximate surface area is 73.0 Å². The molecule has 0 atom stereocenters. The summed E-state index contributed by atoms with van der Waals surface area (Å²) in [7, 11) is 0. The molecular formula is C7H13AlO3. The zero-order chi connectivity index (χ0) is 8.53. The SMILES string of the molecule is CCCCCCO[C](=O)[Al]=[O]. The summed E-state index contributed by atoms with van der Waals surface area (Å²) in [6, 6.07) is 0. The second kappa shape index (κ2) is 7.90. The number of rotatable bonds is 6. The molecule has 0 aromatic heterocycles. The van der Waals surface area contributed by atoms with E-state index in [0.717, 1.165) is 12.8 Å². The maximum atomic E-state index is 10.3. The van der Waals surface area contributed by atoms with Crippen LogP contribution in [-0.2, 0) is 8.54 Å². The Kier molecular flexibility index (Phi) is 7.76. The van der Waals surface area contributed by atoms with Crippen LogP contribution in [0.4, 0.5) is 4.79 Å². The first-order valence-electron chi connectivity index (χ1n) is 3.93. The zero-order valence-corrected chi connectivity index (χ0v) is 7.99. The van der Waals surface area contributed by atoms with Crippen molar-refractivity contribution in [2.75, 3.05) is 6.61 Å². The van der Waals surface area contributed by atoms with Crippen LogP contribution in [0.25, 0.3) is 0 Å². The average molecular weight is 172 g/mol. The standard InChI is InChI=1S/C7H13O2.Al.O/c1-2-3-4-5-6-9-7-8;;/h2-6H2,1H3;;. The van der Waals surface area contributed by atoms with Crippen molar-refractivity contribution in [2.45, 2.75) is 32.6 Å². The fourth-order valence-corrected chi connectivity index (χ4v) is 0.922. The van der Waals surface area contributed by atoms with Crippen LogP contribution in [0.15, 0.2) is 0 Å². The number of hydrogen-bond acceptors (Lipinski definition) is 3. The van der Waals surface area contributed by atoms with Crippen LogP contribution in [0.2, 0.25) is 0 Å². The molecule has 0 aliphatic rings. The molecule has 3 nitrogen and oxygen atoms in total. The summed E-state index contributed by atoms with van der Waals surface area (Å²) in [6.45, 7) is 2.54. The minimum absolute atomic E-state index is 0.425. The van der Waals surface area contributed by atoms with E-state index in [1.807, 2.05) is 0 Å². The van der Waals surface area contributed by atoms with Crippen molar-refractivity contribution >= 4 is 20.0 Å². The monoisotopic (exact) mass is 172 g/mol. The van der Waals surface area contributed by atoms with Crippen molar-refractivity contribution in [3.8, 4) is 0 Å². The van der Waals surface area contributed by atoms with Crippen molar-refractivity contribution < 1.29 is 13.3 Å². The zero-order valence-electron chi connectivity index (χ0n) is 6.84. The summed E-state index contributed by atoms with van der Waals surface area (Å²) in [6.07, 6.45) is 4.31. The molecule has 0 unspecified atom stereocenters. The maximum absolute atomic E-state index is 10.3. The van der Waals surface area contributed by atoms with E-state index in [1.54, 1.807) is 0 Å². The fraction of sp³-hybridized carbons (Fsp3) is 0.857. The molecule has 0 aliphatic heterocycles. The van der Waals surface area contributed by atoms with Gasteiger partial charge in [0.05, 0.1) is 0 Å². The molecule has 0 aliphatic carbocycles. The van der Waals surface area contributed by atoms with E-state index in [4.69, 9.17) is 0 Å². The van der Waals surface area contributed by atoms with Gasteiger partial charge >= 0.3 is 72.5 Å². The van der Waals surface area contributed by atoms with Crippen LogP contribution in [0, 0.1) is 0 Å². The van der Waals surface area contributed by atoms with Crippen molar-refractivity contribution in [1.29, 1.82) is 0 Å². The van der Waals surface area contributed by atoms with E-state index >= 15 is 0 Å². The van der Waals surface area contributed by atoms with Gasteiger partial charge in [-0.15, -0.1) is 0 Å². The molecule has 0 fully saturated rings. The van der Waals surface area contributed by atoms with Gasteiger partial charge < -0.3 is 0 Å². The topological polar surface area (TPSA) is 43.4 Å². The number of carbonyl (C=O) groups excluding carboxylic acids is 1. The van der Waals surface area contributed by atoms with Gasteiger partial charge in [-0.2, -0.15) is 0 Å². The third kappa shape index (κ3) is 7.70. The van der Waals surface area contributed by atoms with E-state index in [-0.39, 0.29) is 0 Å². The van der Waals surface area contributed by atoms with Gasteiger partial charge in [-0.3, -0.25) is 0 Å². The van der Waals surface area contributed by atoms with Crippen LogP contribution >= 0.6 is 0 Å². The van der Waals surface area contributed by atoms with Crippen LogP contribution in [0.3, 0.4) is 0 Å². The Morgan fingerprint density at radius 2 is 2.09 bits per heavy atom. The Morgan fingerprint density at radius 1 is 1.36 bits per heavy atom. The molecule has 0 rings (SSSR count). The Bertz CT molecular complexity index is 125. The summed E-state index contributed by atoms with van der Waals surface area (Å²) in [4.78, 5) is 9.79. The molecule has 0 aromatic carbocycles. The normalized spacial score (nSPS) is 8.82. The van der Waals surface area contributed by atoms with Crippen molar-refractivity contribution in [2.24, 2.45) is 0 Å². The van der Waals surface area contributed by atoms with Gasteiger partial charge in [-0.25, -0.2) is 0 Å². The quantitative estimate of drug-likeness (QED) is 0.453. The molecule has 11 heavy (non-hydrogen) atoms. The Balaban J connectivity index is 3.01. The number of unbranched alkanes of at least 4 members (excludes halogenated alkanes) is 3. The van der Waals surface area contributed by atoms with Gasteiger partial charge in [0.15, 0.2) is 0 Å². The van der Waals surface area contributed by atoms with E-state index < -0.39 is 20.0 Å². The van der Waals surface area contributed by atoms with Crippen LogP contribution in [0.5, 0.6) is 0 Å². The third-order valence-corrected chi connectivity index (χ3v) is 1.70. The van der Waals surface area contributed by atoms with Gasteiger partial charge in [0, 0.05) is 0 Å². The molecule has 0 saturated heterocycles. The molecule has 4 heteroatoms. The van der Waals surface area contributed by atoms with Gasteiger partial charge in [0.1, 0.15) is 0 Å². The fourth-order valence-electron chi connectivity index (χ4n) is 0.736. The molecule has 0 N–H and O–H groups in total. The molecule has 0 radical (unpaired) electrons. The summed E-state index contributed by atoms with van der Waals surface area (Å²) in [5.74, 6) is 0. The summed E-state index contributed by atoms with van der Waals surface area (Å²) in [5, 5.41) is 0. The molecule has 62 valence electrons. The predicted octanol–water partition coefficient (Wildman–Crippen LogP) is 1.75. The van der Waals surface area contributed by atoms with Gasteiger partial charge in [0.2, 0.25) is 0 Å². The number of hydrogen-bond donors (Lipinski definition) is 0. The number of ether oxygens (including phenoxy) is 1. The Morgan fingerprint density at radius 3 is 2.64 bits per heavy atom. The molecular weight excluding hydrogens is 159 g/mol.